The second-order valence-electron chi connectivity index (χ2n) is 4.79. The number of carbonyl (C=O) groups excluding carboxylic acids is 1. The average molecular weight is 333 g/mol. The molecule has 4 heteroatoms. The van der Waals surface area contributed by atoms with Gasteiger partial charge in [0.1, 0.15) is 0 Å². The molecule has 0 aliphatic heterocycles. The number of nitrogens with one attached hydrogen (secondary N) is 1. The molecule has 3 N–H and O–H groups in total. The maximum Gasteiger partial charge on any atom is 0.252 e. The smallest absolute Gasteiger partial charge is 0.252 e. The maximum atomic E-state index is 12.3. The van der Waals surface area contributed by atoms with Gasteiger partial charge in [-0.3, -0.25) is 4.79 Å². The van der Waals surface area contributed by atoms with Crippen molar-refractivity contribution >= 4 is 27.5 Å². The largest absolute Gasteiger partial charge is 0.399 e. The molecule has 0 fully saturated rings. The summed E-state index contributed by atoms with van der Waals surface area (Å²) in [6.45, 7) is 4.01. The van der Waals surface area contributed by atoms with Gasteiger partial charge in [-0.25, -0.2) is 0 Å². The van der Waals surface area contributed by atoms with E-state index in [2.05, 4.69) is 21.2 Å². The molecule has 1 amide bonds. The second-order valence-corrected chi connectivity index (χ2v) is 5.65. The van der Waals surface area contributed by atoms with Crippen LogP contribution in [0.4, 0.5) is 5.69 Å². The highest BCUT2D eigenvalue weighted by Gasteiger charge is 2.15. The number of nitrogens with two attached hydrogens (primary N) is 1. The van der Waals surface area contributed by atoms with Crippen LogP contribution >= 0.6 is 15.9 Å². The Morgan fingerprint density at radius 1 is 1.25 bits per heavy atom. The van der Waals surface area contributed by atoms with Crippen molar-refractivity contribution in [2.45, 2.75) is 19.9 Å². The Labute approximate surface area is 127 Å². The molecule has 0 saturated heterocycles. The first kappa shape index (κ1) is 14.6. The van der Waals surface area contributed by atoms with Crippen molar-refractivity contribution in [3.8, 4) is 0 Å². The fourth-order valence-corrected chi connectivity index (χ4v) is 2.57. The lowest BCUT2D eigenvalue weighted by atomic mass is 10.0. The normalized spacial score (nSPS) is 11.9. The molecule has 0 saturated carbocycles. The lowest BCUT2D eigenvalue weighted by Crippen LogP contribution is -2.27. The number of nitrogen functional groups attached to an aromatic ring is 1. The molecule has 0 radical (unpaired) electrons. The van der Waals surface area contributed by atoms with E-state index in [0.29, 0.717) is 11.3 Å². The van der Waals surface area contributed by atoms with Crippen molar-refractivity contribution in [3.05, 3.63) is 63.6 Å². The van der Waals surface area contributed by atoms with Crippen molar-refractivity contribution in [1.82, 2.24) is 5.32 Å². The van der Waals surface area contributed by atoms with Crippen molar-refractivity contribution < 1.29 is 4.79 Å². The fraction of sp³-hybridized carbons (Fsp3) is 0.188. The molecule has 1 atom stereocenters. The van der Waals surface area contributed by atoms with E-state index in [9.17, 15) is 4.79 Å². The summed E-state index contributed by atoms with van der Waals surface area (Å²) in [6.07, 6.45) is 0. The van der Waals surface area contributed by atoms with E-state index in [4.69, 9.17) is 5.73 Å². The average Bonchev–Trinajstić information content (AvgIpc) is 2.41. The van der Waals surface area contributed by atoms with Crippen LogP contribution in [0.1, 0.15) is 34.5 Å². The highest BCUT2D eigenvalue weighted by molar-refractivity contribution is 9.10. The molecule has 0 aliphatic rings. The zero-order valence-electron chi connectivity index (χ0n) is 11.5. The van der Waals surface area contributed by atoms with Gasteiger partial charge in [-0.2, -0.15) is 0 Å². The predicted octanol–water partition coefficient (Wildman–Crippen LogP) is 3.83. The molecule has 104 valence electrons. The number of benzene rings is 2. The van der Waals surface area contributed by atoms with E-state index >= 15 is 0 Å². The molecule has 20 heavy (non-hydrogen) atoms. The van der Waals surface area contributed by atoms with Crippen LogP contribution in [0.15, 0.2) is 46.9 Å². The Kier molecular flexibility index (Phi) is 4.45. The Bertz CT molecular complexity index is 640. The van der Waals surface area contributed by atoms with Crippen LogP contribution in [0.5, 0.6) is 0 Å². The van der Waals surface area contributed by atoms with Gasteiger partial charge in [-0.1, -0.05) is 24.3 Å². The van der Waals surface area contributed by atoms with Crippen LogP contribution in [0.2, 0.25) is 0 Å². The van der Waals surface area contributed by atoms with E-state index in [1.807, 2.05) is 38.1 Å². The lowest BCUT2D eigenvalue weighted by molar-refractivity contribution is 0.0939. The van der Waals surface area contributed by atoms with Crippen LogP contribution in [0, 0.1) is 6.92 Å². The fourth-order valence-electron chi connectivity index (χ4n) is 2.14. The molecule has 0 aliphatic carbocycles. The van der Waals surface area contributed by atoms with Crippen LogP contribution in [0.3, 0.4) is 0 Å². The SMILES string of the molecule is Cc1ccccc1C(C)NC(=O)c1cc(N)ccc1Br. The van der Waals surface area contributed by atoms with Crippen LogP contribution in [0.25, 0.3) is 0 Å². The standard InChI is InChI=1S/C16H17BrN2O/c1-10-5-3-4-6-13(10)11(2)19-16(20)14-9-12(18)7-8-15(14)17/h3-9,11H,18H2,1-2H3,(H,19,20). The summed E-state index contributed by atoms with van der Waals surface area (Å²) in [4.78, 5) is 12.3. The van der Waals surface area contributed by atoms with Crippen LogP contribution in [-0.2, 0) is 0 Å². The van der Waals surface area contributed by atoms with Gasteiger partial charge in [0, 0.05) is 10.2 Å². The third kappa shape index (κ3) is 3.20. The third-order valence-corrected chi connectivity index (χ3v) is 3.93. The minimum absolute atomic E-state index is 0.0583. The summed E-state index contributed by atoms with van der Waals surface area (Å²) >= 11 is 3.38. The molecule has 0 heterocycles. The number of rotatable bonds is 3. The molecule has 1 unspecified atom stereocenters. The van der Waals surface area contributed by atoms with Gasteiger partial charge in [-0.15, -0.1) is 0 Å². The number of hydrogen-bond acceptors (Lipinski definition) is 2. The molecule has 3 nitrogen and oxygen atoms in total. The summed E-state index contributed by atoms with van der Waals surface area (Å²) in [6, 6.07) is 13.2. The minimum atomic E-state index is -0.139. The first-order valence-corrected chi connectivity index (χ1v) is 7.19. The highest BCUT2D eigenvalue weighted by atomic mass is 79.9. The number of halogens is 1. The summed E-state index contributed by atoms with van der Waals surface area (Å²) in [7, 11) is 0. The van der Waals surface area contributed by atoms with Gasteiger partial charge in [0.2, 0.25) is 0 Å². The number of hydrogen-bond donors (Lipinski definition) is 2. The minimum Gasteiger partial charge on any atom is -0.399 e. The number of aryl methyl sites for hydroxylation is 1. The first-order chi connectivity index (χ1) is 9.49. The lowest BCUT2D eigenvalue weighted by Gasteiger charge is -2.17. The van der Waals surface area contributed by atoms with E-state index in [1.165, 1.54) is 0 Å². The summed E-state index contributed by atoms with van der Waals surface area (Å²) < 4.78 is 0.737. The summed E-state index contributed by atoms with van der Waals surface area (Å²) in [5.74, 6) is -0.139. The highest BCUT2D eigenvalue weighted by Crippen LogP contribution is 2.22. The maximum absolute atomic E-state index is 12.3. The first-order valence-electron chi connectivity index (χ1n) is 6.40. The van der Waals surface area contributed by atoms with E-state index < -0.39 is 0 Å². The number of carbonyl (C=O) groups is 1. The van der Waals surface area contributed by atoms with Crippen molar-refractivity contribution in [2.75, 3.05) is 5.73 Å². The summed E-state index contributed by atoms with van der Waals surface area (Å²) in [5, 5.41) is 3.00. The van der Waals surface area contributed by atoms with Crippen LogP contribution in [-0.4, -0.2) is 5.91 Å². The number of amides is 1. The van der Waals surface area contributed by atoms with E-state index in [1.54, 1.807) is 18.2 Å². The quantitative estimate of drug-likeness (QED) is 0.839. The van der Waals surface area contributed by atoms with Gasteiger partial charge in [0.05, 0.1) is 11.6 Å². The zero-order valence-corrected chi connectivity index (χ0v) is 13.1. The zero-order chi connectivity index (χ0) is 14.7. The van der Waals surface area contributed by atoms with Gasteiger partial charge in [0.25, 0.3) is 5.91 Å². The van der Waals surface area contributed by atoms with E-state index in [-0.39, 0.29) is 11.9 Å². The Morgan fingerprint density at radius 2 is 1.95 bits per heavy atom. The molecule has 0 spiro atoms. The molecule has 2 aromatic carbocycles. The van der Waals surface area contributed by atoms with Gasteiger partial charge in [-0.05, 0) is 59.1 Å². The molecule has 2 rings (SSSR count). The Balaban J connectivity index is 2.20. The van der Waals surface area contributed by atoms with Crippen molar-refractivity contribution in [1.29, 1.82) is 0 Å². The molecule has 0 bridgehead atoms. The monoisotopic (exact) mass is 332 g/mol. The Hall–Kier alpha value is -1.81. The van der Waals surface area contributed by atoms with Gasteiger partial charge >= 0.3 is 0 Å². The van der Waals surface area contributed by atoms with Crippen molar-refractivity contribution in [3.63, 3.8) is 0 Å². The summed E-state index contributed by atoms with van der Waals surface area (Å²) in [5.41, 5.74) is 9.12. The second kappa shape index (κ2) is 6.09. The van der Waals surface area contributed by atoms with Crippen molar-refractivity contribution in [2.24, 2.45) is 0 Å². The van der Waals surface area contributed by atoms with Crippen LogP contribution < -0.4 is 11.1 Å². The Morgan fingerprint density at radius 3 is 2.65 bits per heavy atom. The topological polar surface area (TPSA) is 55.1 Å². The van der Waals surface area contributed by atoms with Gasteiger partial charge in [0.15, 0.2) is 0 Å². The van der Waals surface area contributed by atoms with E-state index in [0.717, 1.165) is 15.6 Å². The third-order valence-electron chi connectivity index (χ3n) is 3.24. The molecular formula is C16H17BrN2O. The molecular weight excluding hydrogens is 316 g/mol. The molecule has 2 aromatic rings. The predicted molar refractivity (Wildman–Crippen MR) is 85.6 cm³/mol. The number of anilines is 1. The molecule has 0 aromatic heterocycles. The van der Waals surface area contributed by atoms with Gasteiger partial charge < -0.3 is 11.1 Å².